The smallest absolute Gasteiger partial charge is 0.291 e. The molecule has 0 radical (unpaired) electrons. The molecule has 0 saturated carbocycles. The molecule has 0 bridgehead atoms. The summed E-state index contributed by atoms with van der Waals surface area (Å²) < 4.78 is 54.9. The molecule has 8 nitrogen and oxygen atoms in total. The predicted molar refractivity (Wildman–Crippen MR) is 111 cm³/mol. The first-order valence-corrected chi connectivity index (χ1v) is 10.5. The van der Waals surface area contributed by atoms with E-state index in [4.69, 9.17) is 13.9 Å². The Morgan fingerprint density at radius 1 is 1.10 bits per heavy atom. The number of rotatable bonds is 8. The Hall–Kier alpha value is -3.37. The van der Waals surface area contributed by atoms with Crippen molar-refractivity contribution in [1.82, 2.24) is 4.31 Å². The number of sulfonamides is 1. The molecule has 0 atom stereocenters. The highest BCUT2D eigenvalue weighted by Crippen LogP contribution is 2.29. The van der Waals surface area contributed by atoms with Gasteiger partial charge in [-0.05, 0) is 54.6 Å². The summed E-state index contributed by atoms with van der Waals surface area (Å²) in [5.74, 6) is 0.156. The first-order valence-electron chi connectivity index (χ1n) is 9.09. The maximum Gasteiger partial charge on any atom is 0.291 e. The van der Waals surface area contributed by atoms with E-state index in [1.54, 1.807) is 6.07 Å². The number of nitrogens with one attached hydrogen (secondary N) is 1. The number of furan rings is 1. The Morgan fingerprint density at radius 2 is 1.81 bits per heavy atom. The van der Waals surface area contributed by atoms with Crippen LogP contribution in [0.25, 0.3) is 0 Å². The molecule has 3 rings (SSSR count). The molecule has 1 aromatic heterocycles. The number of hydrogen-bond acceptors (Lipinski definition) is 6. The number of anilines is 1. The fourth-order valence-corrected chi connectivity index (χ4v) is 3.53. The maximum atomic E-state index is 12.9. The van der Waals surface area contributed by atoms with E-state index in [-0.39, 0.29) is 34.5 Å². The minimum Gasteiger partial charge on any atom is -0.495 e. The molecule has 31 heavy (non-hydrogen) atoms. The monoisotopic (exact) mass is 448 g/mol. The second kappa shape index (κ2) is 9.19. The third kappa shape index (κ3) is 5.22. The van der Waals surface area contributed by atoms with Crippen molar-refractivity contribution in [2.75, 3.05) is 26.5 Å². The lowest BCUT2D eigenvalue weighted by Gasteiger charge is -2.14. The van der Waals surface area contributed by atoms with Gasteiger partial charge in [0, 0.05) is 14.1 Å². The normalized spacial score (nSPS) is 11.4. The van der Waals surface area contributed by atoms with E-state index in [2.05, 4.69) is 5.32 Å². The Labute approximate surface area is 179 Å². The fourth-order valence-electron chi connectivity index (χ4n) is 2.60. The standard InChI is InChI=1S/C21H21FN2O6S/c1-24(2)31(26,27)17-9-11-19(28-3)18(12-17)23-21(25)20-10-8-16(30-20)13-29-15-6-4-14(22)5-7-15/h4-12H,13H2,1-3H3,(H,23,25). The van der Waals surface area contributed by atoms with Gasteiger partial charge in [-0.2, -0.15) is 0 Å². The van der Waals surface area contributed by atoms with E-state index < -0.39 is 15.9 Å². The average molecular weight is 448 g/mol. The van der Waals surface area contributed by atoms with Crippen LogP contribution in [0.15, 0.2) is 63.9 Å². The number of benzene rings is 2. The van der Waals surface area contributed by atoms with Crippen LogP contribution in [0.2, 0.25) is 0 Å². The third-order valence-corrected chi connectivity index (χ3v) is 6.09. The van der Waals surface area contributed by atoms with Crippen LogP contribution in [-0.2, 0) is 16.6 Å². The second-order valence-electron chi connectivity index (χ2n) is 6.61. The first kappa shape index (κ1) is 22.3. The van der Waals surface area contributed by atoms with E-state index in [1.165, 1.54) is 69.7 Å². The minimum atomic E-state index is -3.69. The van der Waals surface area contributed by atoms with Crippen LogP contribution in [0.4, 0.5) is 10.1 Å². The summed E-state index contributed by atoms with van der Waals surface area (Å²) in [4.78, 5) is 12.6. The molecule has 164 valence electrons. The number of methoxy groups -OCH3 is 1. The van der Waals surface area contributed by atoms with Gasteiger partial charge in [0.15, 0.2) is 5.76 Å². The molecule has 0 fully saturated rings. The Morgan fingerprint density at radius 3 is 2.45 bits per heavy atom. The van der Waals surface area contributed by atoms with Crippen molar-refractivity contribution in [2.24, 2.45) is 0 Å². The summed E-state index contributed by atoms with van der Waals surface area (Å²) in [7, 11) is 0.537. The van der Waals surface area contributed by atoms with Crippen molar-refractivity contribution < 1.29 is 31.5 Å². The van der Waals surface area contributed by atoms with Crippen LogP contribution >= 0.6 is 0 Å². The highest BCUT2D eigenvalue weighted by molar-refractivity contribution is 7.89. The van der Waals surface area contributed by atoms with Gasteiger partial charge in [0.05, 0.1) is 17.7 Å². The molecule has 0 spiro atoms. The van der Waals surface area contributed by atoms with Gasteiger partial charge < -0.3 is 19.2 Å². The van der Waals surface area contributed by atoms with Gasteiger partial charge in [-0.15, -0.1) is 0 Å². The lowest BCUT2D eigenvalue weighted by Crippen LogP contribution is -2.22. The van der Waals surface area contributed by atoms with Crippen LogP contribution in [0.5, 0.6) is 11.5 Å². The Bertz CT molecular complexity index is 1170. The van der Waals surface area contributed by atoms with E-state index in [9.17, 15) is 17.6 Å². The van der Waals surface area contributed by atoms with Gasteiger partial charge in [0.1, 0.15) is 29.7 Å². The minimum absolute atomic E-state index is 0.000582. The zero-order valence-corrected chi connectivity index (χ0v) is 17.9. The molecule has 0 unspecified atom stereocenters. The molecule has 1 amide bonds. The molecule has 0 aliphatic rings. The van der Waals surface area contributed by atoms with E-state index >= 15 is 0 Å². The summed E-state index contributed by atoms with van der Waals surface area (Å²) in [5, 5.41) is 2.60. The summed E-state index contributed by atoms with van der Waals surface area (Å²) in [6, 6.07) is 12.7. The highest BCUT2D eigenvalue weighted by Gasteiger charge is 2.21. The molecular formula is C21H21FN2O6S. The second-order valence-corrected chi connectivity index (χ2v) is 8.76. The van der Waals surface area contributed by atoms with E-state index in [0.717, 1.165) is 4.31 Å². The first-order chi connectivity index (χ1) is 14.7. The van der Waals surface area contributed by atoms with Crippen molar-refractivity contribution >= 4 is 21.6 Å². The lowest BCUT2D eigenvalue weighted by atomic mass is 10.3. The number of amides is 1. The number of carbonyl (C=O) groups excluding carboxylic acids is 1. The van der Waals surface area contributed by atoms with Crippen molar-refractivity contribution in [1.29, 1.82) is 0 Å². The summed E-state index contributed by atoms with van der Waals surface area (Å²) in [6.45, 7) is 0.0405. The molecule has 1 heterocycles. The van der Waals surface area contributed by atoms with Gasteiger partial charge in [-0.3, -0.25) is 4.79 Å². The quantitative estimate of drug-likeness (QED) is 0.566. The van der Waals surface area contributed by atoms with Crippen LogP contribution in [0, 0.1) is 5.82 Å². The van der Waals surface area contributed by atoms with Crippen LogP contribution < -0.4 is 14.8 Å². The third-order valence-electron chi connectivity index (χ3n) is 4.28. The molecule has 0 saturated heterocycles. The van der Waals surface area contributed by atoms with Gasteiger partial charge in [0.2, 0.25) is 10.0 Å². The van der Waals surface area contributed by atoms with E-state index in [1.807, 2.05) is 0 Å². The molecule has 0 aliphatic carbocycles. The maximum absolute atomic E-state index is 12.9. The lowest BCUT2D eigenvalue weighted by molar-refractivity contribution is 0.0992. The Balaban J connectivity index is 1.73. The number of nitrogens with zero attached hydrogens (tertiary/aromatic N) is 1. The molecule has 3 aromatic rings. The molecule has 2 aromatic carbocycles. The summed E-state index contributed by atoms with van der Waals surface area (Å²) in [6.07, 6.45) is 0. The van der Waals surface area contributed by atoms with Crippen molar-refractivity contribution in [3.05, 3.63) is 71.9 Å². The number of halogens is 1. The fraction of sp³-hybridized carbons (Fsp3) is 0.190. The van der Waals surface area contributed by atoms with Crippen LogP contribution in [0.3, 0.4) is 0 Å². The highest BCUT2D eigenvalue weighted by atomic mass is 32.2. The van der Waals surface area contributed by atoms with E-state index in [0.29, 0.717) is 11.5 Å². The number of hydrogen-bond donors (Lipinski definition) is 1. The number of carbonyl (C=O) groups is 1. The number of ether oxygens (including phenoxy) is 2. The molecule has 1 N–H and O–H groups in total. The van der Waals surface area contributed by atoms with Gasteiger partial charge in [0.25, 0.3) is 5.91 Å². The topological polar surface area (TPSA) is 98.1 Å². The van der Waals surface area contributed by atoms with Gasteiger partial charge >= 0.3 is 0 Å². The molecule has 10 heteroatoms. The van der Waals surface area contributed by atoms with Gasteiger partial charge in [-0.1, -0.05) is 0 Å². The zero-order valence-electron chi connectivity index (χ0n) is 17.1. The van der Waals surface area contributed by atoms with Crippen molar-refractivity contribution in [3.63, 3.8) is 0 Å². The summed E-state index contributed by atoms with van der Waals surface area (Å²) >= 11 is 0. The molecular weight excluding hydrogens is 427 g/mol. The van der Waals surface area contributed by atoms with Crippen LogP contribution in [0.1, 0.15) is 16.3 Å². The SMILES string of the molecule is COc1ccc(S(=O)(=O)N(C)C)cc1NC(=O)c1ccc(COc2ccc(F)cc2)o1. The van der Waals surface area contributed by atoms with Crippen molar-refractivity contribution in [3.8, 4) is 11.5 Å². The largest absolute Gasteiger partial charge is 0.495 e. The Kier molecular flexibility index (Phi) is 6.62. The predicted octanol–water partition coefficient (Wildman–Crippen LogP) is 3.51. The van der Waals surface area contributed by atoms with Crippen molar-refractivity contribution in [2.45, 2.75) is 11.5 Å². The van der Waals surface area contributed by atoms with Gasteiger partial charge in [-0.25, -0.2) is 17.1 Å². The molecule has 0 aliphatic heterocycles. The zero-order chi connectivity index (χ0) is 22.6. The van der Waals surface area contributed by atoms with Crippen LogP contribution in [-0.4, -0.2) is 39.8 Å². The summed E-state index contributed by atoms with van der Waals surface area (Å²) in [5.41, 5.74) is 0.177. The average Bonchev–Trinajstić information content (AvgIpc) is 3.22.